The van der Waals surface area contributed by atoms with Crippen LogP contribution in [0.1, 0.15) is 24.4 Å². The van der Waals surface area contributed by atoms with Crippen molar-refractivity contribution in [2.45, 2.75) is 19.4 Å². The average Bonchev–Trinajstić information content (AvgIpc) is 2.78. The molecule has 0 radical (unpaired) electrons. The van der Waals surface area contributed by atoms with Crippen LogP contribution in [-0.2, 0) is 13.5 Å². The molecule has 0 aliphatic rings. The summed E-state index contributed by atoms with van der Waals surface area (Å²) in [5, 5.41) is 16.2. The van der Waals surface area contributed by atoms with Crippen LogP contribution in [0.2, 0.25) is 5.02 Å². The minimum absolute atomic E-state index is 0.0687. The molecule has 0 amide bonds. The Morgan fingerprint density at radius 3 is 2.89 bits per heavy atom. The third kappa shape index (κ3) is 3.52. The lowest BCUT2D eigenvalue weighted by Crippen LogP contribution is -2.24. The second-order valence-corrected chi connectivity index (χ2v) is 5.38. The molecule has 0 spiro atoms. The molecule has 1 N–H and O–H groups in total. The van der Waals surface area contributed by atoms with E-state index in [1.54, 1.807) is 7.05 Å². The van der Waals surface area contributed by atoms with Gasteiger partial charge in [-0.2, -0.15) is 4.80 Å². The molecule has 1 unspecified atom stereocenters. The van der Waals surface area contributed by atoms with E-state index in [0.717, 1.165) is 21.6 Å². The number of aromatic nitrogens is 4. The number of likely N-dealkylation sites (N-methyl/N-ethyl adjacent to an activating group) is 1. The molecule has 2 aromatic rings. The molecule has 0 aliphatic carbocycles. The SMILES string of the molecule is CCNC(Cc1nnn(C)n1)c1cccc(Br)c1Cl. The summed E-state index contributed by atoms with van der Waals surface area (Å²) in [5.41, 5.74) is 1.03. The lowest BCUT2D eigenvalue weighted by atomic mass is 10.0. The highest BCUT2D eigenvalue weighted by molar-refractivity contribution is 9.10. The molecule has 19 heavy (non-hydrogen) atoms. The fourth-order valence-electron chi connectivity index (χ4n) is 1.92. The van der Waals surface area contributed by atoms with E-state index in [1.807, 2.05) is 18.2 Å². The molecular formula is C12H15BrClN5. The molecule has 1 aromatic heterocycles. The van der Waals surface area contributed by atoms with Crippen LogP contribution < -0.4 is 5.32 Å². The number of tetrazole rings is 1. The van der Waals surface area contributed by atoms with E-state index in [4.69, 9.17) is 11.6 Å². The average molecular weight is 345 g/mol. The minimum atomic E-state index is 0.0687. The van der Waals surface area contributed by atoms with E-state index in [0.29, 0.717) is 12.2 Å². The van der Waals surface area contributed by atoms with Crippen molar-refractivity contribution in [3.05, 3.63) is 39.1 Å². The number of nitrogens with one attached hydrogen (secondary N) is 1. The summed E-state index contributed by atoms with van der Waals surface area (Å²) in [6.45, 7) is 2.90. The number of hydrogen-bond donors (Lipinski definition) is 1. The lowest BCUT2D eigenvalue weighted by Gasteiger charge is -2.18. The van der Waals surface area contributed by atoms with Crippen LogP contribution in [-0.4, -0.2) is 26.8 Å². The fraction of sp³-hybridized carbons (Fsp3) is 0.417. The molecule has 0 aliphatic heterocycles. The highest BCUT2D eigenvalue weighted by atomic mass is 79.9. The van der Waals surface area contributed by atoms with Crippen molar-refractivity contribution in [2.75, 3.05) is 6.54 Å². The lowest BCUT2D eigenvalue weighted by molar-refractivity contribution is 0.534. The van der Waals surface area contributed by atoms with Crippen LogP contribution in [0.15, 0.2) is 22.7 Å². The van der Waals surface area contributed by atoms with Crippen LogP contribution in [0.4, 0.5) is 0 Å². The third-order valence-electron chi connectivity index (χ3n) is 2.74. The zero-order valence-electron chi connectivity index (χ0n) is 10.8. The number of rotatable bonds is 5. The van der Waals surface area contributed by atoms with Crippen molar-refractivity contribution in [3.63, 3.8) is 0 Å². The summed E-state index contributed by atoms with van der Waals surface area (Å²) in [7, 11) is 1.75. The smallest absolute Gasteiger partial charge is 0.176 e. The first kappa shape index (κ1) is 14.4. The molecular weight excluding hydrogens is 330 g/mol. The van der Waals surface area contributed by atoms with E-state index < -0.39 is 0 Å². The van der Waals surface area contributed by atoms with Gasteiger partial charge in [0.25, 0.3) is 0 Å². The number of benzene rings is 1. The van der Waals surface area contributed by atoms with Crippen LogP contribution >= 0.6 is 27.5 Å². The van der Waals surface area contributed by atoms with Crippen molar-refractivity contribution in [1.82, 2.24) is 25.5 Å². The van der Waals surface area contributed by atoms with Gasteiger partial charge >= 0.3 is 0 Å². The van der Waals surface area contributed by atoms with Crippen molar-refractivity contribution in [1.29, 1.82) is 0 Å². The monoisotopic (exact) mass is 343 g/mol. The molecule has 7 heteroatoms. The normalized spacial score (nSPS) is 12.6. The number of nitrogens with zero attached hydrogens (tertiary/aromatic N) is 4. The number of halogens is 2. The first-order valence-electron chi connectivity index (χ1n) is 6.02. The second-order valence-electron chi connectivity index (χ2n) is 4.15. The Balaban J connectivity index is 2.26. The Labute approximate surface area is 125 Å². The maximum absolute atomic E-state index is 6.35. The van der Waals surface area contributed by atoms with Gasteiger partial charge in [-0.3, -0.25) is 0 Å². The van der Waals surface area contributed by atoms with Gasteiger partial charge in [-0.25, -0.2) is 0 Å². The molecule has 0 saturated heterocycles. The molecule has 102 valence electrons. The Kier molecular flexibility index (Phi) is 4.90. The van der Waals surface area contributed by atoms with Gasteiger partial charge in [0, 0.05) is 16.9 Å². The Morgan fingerprint density at radius 2 is 2.26 bits per heavy atom. The summed E-state index contributed by atoms with van der Waals surface area (Å²) in [5.74, 6) is 0.699. The van der Waals surface area contributed by atoms with E-state index in [1.165, 1.54) is 4.80 Å². The minimum Gasteiger partial charge on any atom is -0.310 e. The van der Waals surface area contributed by atoms with E-state index in [2.05, 4.69) is 43.6 Å². The largest absolute Gasteiger partial charge is 0.310 e. The third-order valence-corrected chi connectivity index (χ3v) is 4.05. The van der Waals surface area contributed by atoms with E-state index in [-0.39, 0.29) is 6.04 Å². The Morgan fingerprint density at radius 1 is 1.47 bits per heavy atom. The summed E-state index contributed by atoms with van der Waals surface area (Å²) in [6, 6.07) is 5.98. The van der Waals surface area contributed by atoms with Gasteiger partial charge in [0.1, 0.15) is 0 Å². The van der Waals surface area contributed by atoms with Crippen LogP contribution in [0.5, 0.6) is 0 Å². The zero-order valence-corrected chi connectivity index (χ0v) is 13.1. The van der Waals surface area contributed by atoms with Crippen LogP contribution in [0.3, 0.4) is 0 Å². The fourth-order valence-corrected chi connectivity index (χ4v) is 2.55. The second kappa shape index (κ2) is 6.45. The van der Waals surface area contributed by atoms with Gasteiger partial charge in [0.15, 0.2) is 5.82 Å². The van der Waals surface area contributed by atoms with Gasteiger partial charge in [0.2, 0.25) is 0 Å². The predicted octanol–water partition coefficient (Wildman–Crippen LogP) is 2.52. The van der Waals surface area contributed by atoms with E-state index >= 15 is 0 Å². The van der Waals surface area contributed by atoms with Gasteiger partial charge in [-0.05, 0) is 39.3 Å². The zero-order chi connectivity index (χ0) is 13.8. The highest BCUT2D eigenvalue weighted by Gasteiger charge is 2.18. The predicted molar refractivity (Wildman–Crippen MR) is 78.1 cm³/mol. The molecule has 0 bridgehead atoms. The molecule has 2 rings (SSSR count). The summed E-state index contributed by atoms with van der Waals surface area (Å²) in [6.07, 6.45) is 0.651. The summed E-state index contributed by atoms with van der Waals surface area (Å²) >= 11 is 9.79. The Bertz CT molecular complexity index is 557. The first-order chi connectivity index (χ1) is 9.11. The first-order valence-corrected chi connectivity index (χ1v) is 7.19. The van der Waals surface area contributed by atoms with Gasteiger partial charge in [-0.1, -0.05) is 30.7 Å². The molecule has 5 nitrogen and oxygen atoms in total. The van der Waals surface area contributed by atoms with Crippen molar-refractivity contribution in [2.24, 2.45) is 7.05 Å². The van der Waals surface area contributed by atoms with Crippen molar-refractivity contribution >= 4 is 27.5 Å². The standard InChI is InChI=1S/C12H15BrClN5/c1-3-15-10(7-11-16-18-19(2)17-11)8-5-4-6-9(13)12(8)14/h4-6,10,15H,3,7H2,1-2H3. The summed E-state index contributed by atoms with van der Waals surface area (Å²) < 4.78 is 0.890. The van der Waals surface area contributed by atoms with Gasteiger partial charge in [-0.15, -0.1) is 10.2 Å². The number of hydrogen-bond acceptors (Lipinski definition) is 4. The maximum Gasteiger partial charge on any atom is 0.176 e. The maximum atomic E-state index is 6.35. The van der Waals surface area contributed by atoms with Crippen molar-refractivity contribution < 1.29 is 0 Å². The Hall–Kier alpha value is -0.980. The summed E-state index contributed by atoms with van der Waals surface area (Å²) in [4.78, 5) is 1.46. The van der Waals surface area contributed by atoms with Gasteiger partial charge < -0.3 is 5.32 Å². The highest BCUT2D eigenvalue weighted by Crippen LogP contribution is 2.31. The molecule has 1 aromatic carbocycles. The van der Waals surface area contributed by atoms with Crippen LogP contribution in [0, 0.1) is 0 Å². The van der Waals surface area contributed by atoms with E-state index in [9.17, 15) is 0 Å². The van der Waals surface area contributed by atoms with Crippen LogP contribution in [0.25, 0.3) is 0 Å². The molecule has 1 heterocycles. The number of aryl methyl sites for hydroxylation is 1. The van der Waals surface area contributed by atoms with Gasteiger partial charge in [0.05, 0.1) is 12.1 Å². The quantitative estimate of drug-likeness (QED) is 0.905. The molecule has 1 atom stereocenters. The molecule has 0 fully saturated rings. The van der Waals surface area contributed by atoms with Crippen molar-refractivity contribution in [3.8, 4) is 0 Å². The molecule has 0 saturated carbocycles. The topological polar surface area (TPSA) is 55.6 Å².